The number of carbonyl (C=O) groups is 1. The molecule has 1 amide bonds. The Morgan fingerprint density at radius 3 is 2.87 bits per heavy atom. The van der Waals surface area contributed by atoms with Crippen molar-refractivity contribution in [2.24, 2.45) is 0 Å². The fourth-order valence-electron chi connectivity index (χ4n) is 2.41. The van der Waals surface area contributed by atoms with Crippen LogP contribution in [0, 0.1) is 0 Å². The van der Waals surface area contributed by atoms with E-state index in [0.29, 0.717) is 20.1 Å². The molecule has 1 saturated heterocycles. The van der Waals surface area contributed by atoms with Crippen LogP contribution in [0.15, 0.2) is 34.2 Å². The van der Waals surface area contributed by atoms with Gasteiger partial charge in [0, 0.05) is 34.7 Å². The minimum absolute atomic E-state index is 0.0623. The van der Waals surface area contributed by atoms with Crippen LogP contribution in [0.2, 0.25) is 5.02 Å². The van der Waals surface area contributed by atoms with Crippen LogP contribution in [0.1, 0.15) is 20.6 Å². The summed E-state index contributed by atoms with van der Waals surface area (Å²) in [6.07, 6.45) is 1.57. The normalized spacial score (nSPS) is 20.4. The summed E-state index contributed by atoms with van der Waals surface area (Å²) in [5.41, 5.74) is 0.440. The van der Waals surface area contributed by atoms with Gasteiger partial charge in [-0.05, 0) is 34.1 Å². The molecule has 5 nitrogen and oxygen atoms in total. The molecule has 1 atom stereocenters. The number of hydrogen-bond acceptors (Lipinski definition) is 5. The summed E-state index contributed by atoms with van der Waals surface area (Å²) in [4.78, 5) is 18.3. The molecule has 0 aliphatic carbocycles. The third-order valence-corrected chi connectivity index (χ3v) is 7.91. The van der Waals surface area contributed by atoms with Crippen molar-refractivity contribution in [3.05, 3.63) is 49.8 Å². The van der Waals surface area contributed by atoms with Gasteiger partial charge in [0.2, 0.25) is 0 Å². The smallest absolute Gasteiger partial charge is 0.253 e. The molecular formula is C14H12BrClN2O3S2. The first-order valence-corrected chi connectivity index (χ1v) is 10.5. The summed E-state index contributed by atoms with van der Waals surface area (Å²) >= 11 is 10.6. The van der Waals surface area contributed by atoms with E-state index in [1.807, 2.05) is 0 Å². The molecule has 3 rings (SSSR count). The molecule has 0 bridgehead atoms. The lowest BCUT2D eigenvalue weighted by Crippen LogP contribution is -2.45. The Labute approximate surface area is 151 Å². The molecule has 0 N–H and O–H groups in total. The minimum atomic E-state index is -3.29. The number of aromatic nitrogens is 1. The van der Waals surface area contributed by atoms with Crippen LogP contribution in [0.25, 0.3) is 0 Å². The van der Waals surface area contributed by atoms with Crippen molar-refractivity contribution in [3.8, 4) is 0 Å². The number of benzene rings is 1. The quantitative estimate of drug-likeness (QED) is 0.726. The van der Waals surface area contributed by atoms with E-state index < -0.39 is 15.1 Å². The van der Waals surface area contributed by atoms with Gasteiger partial charge in [0.1, 0.15) is 10.3 Å². The molecule has 1 aliphatic rings. The number of hydrogen-bond donors (Lipinski definition) is 0. The molecule has 2 aromatic rings. The van der Waals surface area contributed by atoms with E-state index in [9.17, 15) is 13.2 Å². The van der Waals surface area contributed by atoms with Gasteiger partial charge in [-0.15, -0.1) is 11.3 Å². The second-order valence-electron chi connectivity index (χ2n) is 5.11. The first kappa shape index (κ1) is 16.9. The highest BCUT2D eigenvalue weighted by atomic mass is 79.9. The molecular weight excluding hydrogens is 424 g/mol. The van der Waals surface area contributed by atoms with E-state index in [4.69, 9.17) is 11.6 Å². The van der Waals surface area contributed by atoms with Gasteiger partial charge < -0.3 is 4.90 Å². The van der Waals surface area contributed by atoms with Crippen LogP contribution in [0.3, 0.4) is 0 Å². The van der Waals surface area contributed by atoms with Crippen LogP contribution in [-0.2, 0) is 9.84 Å². The number of thiazole rings is 1. The predicted octanol–water partition coefficient (Wildman–Crippen LogP) is 3.17. The Kier molecular flexibility index (Phi) is 4.78. The third-order valence-electron chi connectivity index (χ3n) is 3.65. The van der Waals surface area contributed by atoms with Gasteiger partial charge in [0.15, 0.2) is 9.84 Å². The minimum Gasteiger partial charge on any atom is -0.336 e. The van der Waals surface area contributed by atoms with Gasteiger partial charge in [0.05, 0.1) is 10.8 Å². The number of carbonyl (C=O) groups excluding carboxylic acids is 1. The molecule has 1 aromatic heterocycles. The van der Waals surface area contributed by atoms with Crippen LogP contribution in [-0.4, -0.2) is 43.1 Å². The second kappa shape index (κ2) is 6.51. The Bertz CT molecular complexity index is 840. The zero-order valence-corrected chi connectivity index (χ0v) is 15.8. The largest absolute Gasteiger partial charge is 0.336 e. The Balaban J connectivity index is 1.86. The Hall–Kier alpha value is -0.960. The maximum atomic E-state index is 12.6. The molecule has 1 fully saturated rings. The summed E-state index contributed by atoms with van der Waals surface area (Å²) in [7, 11) is -3.29. The van der Waals surface area contributed by atoms with Crippen LogP contribution < -0.4 is 0 Å². The second-order valence-corrected chi connectivity index (χ2v) is 9.60. The summed E-state index contributed by atoms with van der Waals surface area (Å²) in [6, 6.07) is 4.95. The van der Waals surface area contributed by atoms with Crippen molar-refractivity contribution >= 4 is 54.6 Å². The summed E-state index contributed by atoms with van der Waals surface area (Å²) in [6.45, 7) is 0.291. The standard InChI is InChI=1S/C14H12BrClN2O3S2/c15-10-2-1-9(7-11(10)16)14(19)18-4-6-23(20,21)12(8-18)13-17-3-5-22-13/h1-3,5,7,12H,4,6,8H2/t12-/m1/s1. The molecule has 122 valence electrons. The van der Waals surface area contributed by atoms with Crippen molar-refractivity contribution in [1.82, 2.24) is 9.88 Å². The number of rotatable bonds is 2. The van der Waals surface area contributed by atoms with Crippen LogP contribution >= 0.6 is 38.9 Å². The van der Waals surface area contributed by atoms with E-state index in [2.05, 4.69) is 20.9 Å². The zero-order chi connectivity index (χ0) is 16.6. The molecule has 23 heavy (non-hydrogen) atoms. The Morgan fingerprint density at radius 2 is 2.22 bits per heavy atom. The lowest BCUT2D eigenvalue weighted by atomic mass is 10.2. The van der Waals surface area contributed by atoms with Crippen molar-refractivity contribution < 1.29 is 13.2 Å². The topological polar surface area (TPSA) is 67.3 Å². The first-order chi connectivity index (χ1) is 10.9. The number of sulfone groups is 1. The highest BCUT2D eigenvalue weighted by molar-refractivity contribution is 9.10. The molecule has 2 heterocycles. The van der Waals surface area contributed by atoms with Gasteiger partial charge in [-0.2, -0.15) is 0 Å². The predicted molar refractivity (Wildman–Crippen MR) is 93.7 cm³/mol. The lowest BCUT2D eigenvalue weighted by molar-refractivity contribution is 0.0758. The number of nitrogens with zero attached hydrogens (tertiary/aromatic N) is 2. The van der Waals surface area contributed by atoms with Crippen molar-refractivity contribution in [2.75, 3.05) is 18.8 Å². The molecule has 1 aliphatic heterocycles. The van der Waals surface area contributed by atoms with Gasteiger partial charge >= 0.3 is 0 Å². The van der Waals surface area contributed by atoms with E-state index in [1.165, 1.54) is 11.3 Å². The van der Waals surface area contributed by atoms with E-state index in [1.54, 1.807) is 34.7 Å². The van der Waals surface area contributed by atoms with E-state index in [0.717, 1.165) is 0 Å². The molecule has 0 spiro atoms. The fourth-order valence-corrected chi connectivity index (χ4v) is 5.58. The molecule has 0 saturated carbocycles. The summed E-state index contributed by atoms with van der Waals surface area (Å²) in [5, 5.41) is 1.94. The average Bonchev–Trinajstić information content (AvgIpc) is 3.03. The van der Waals surface area contributed by atoms with E-state index >= 15 is 0 Å². The fraction of sp³-hybridized carbons (Fsp3) is 0.286. The molecule has 0 unspecified atom stereocenters. The number of halogens is 2. The maximum absolute atomic E-state index is 12.6. The van der Waals surface area contributed by atoms with Gasteiger partial charge in [0.25, 0.3) is 5.91 Å². The Morgan fingerprint density at radius 1 is 1.43 bits per heavy atom. The van der Waals surface area contributed by atoms with Crippen molar-refractivity contribution in [3.63, 3.8) is 0 Å². The monoisotopic (exact) mass is 434 g/mol. The third kappa shape index (κ3) is 3.45. The SMILES string of the molecule is O=C(c1ccc(Br)c(Cl)c1)N1CCS(=O)(=O)[C@@H](c2nccs2)C1. The summed E-state index contributed by atoms with van der Waals surface area (Å²) in [5.74, 6) is -0.288. The molecule has 1 aromatic carbocycles. The molecule has 9 heteroatoms. The lowest BCUT2D eigenvalue weighted by Gasteiger charge is -2.31. The van der Waals surface area contributed by atoms with E-state index in [-0.39, 0.29) is 24.7 Å². The van der Waals surface area contributed by atoms with Crippen molar-refractivity contribution in [1.29, 1.82) is 0 Å². The van der Waals surface area contributed by atoms with Crippen LogP contribution in [0.5, 0.6) is 0 Å². The van der Waals surface area contributed by atoms with Gasteiger partial charge in [-0.3, -0.25) is 4.79 Å². The molecule has 0 radical (unpaired) electrons. The number of amides is 1. The first-order valence-electron chi connectivity index (χ1n) is 6.74. The highest BCUT2D eigenvalue weighted by Crippen LogP contribution is 2.30. The van der Waals surface area contributed by atoms with Gasteiger partial charge in [-0.1, -0.05) is 11.6 Å². The van der Waals surface area contributed by atoms with Gasteiger partial charge in [-0.25, -0.2) is 13.4 Å². The average molecular weight is 436 g/mol. The highest BCUT2D eigenvalue weighted by Gasteiger charge is 2.37. The maximum Gasteiger partial charge on any atom is 0.253 e. The summed E-state index contributed by atoms with van der Waals surface area (Å²) < 4.78 is 25.3. The zero-order valence-electron chi connectivity index (χ0n) is 11.8. The van der Waals surface area contributed by atoms with Crippen LogP contribution in [0.4, 0.5) is 0 Å². The van der Waals surface area contributed by atoms with Crippen molar-refractivity contribution in [2.45, 2.75) is 5.25 Å².